The molecule has 0 aliphatic carbocycles. The molecule has 2 nitrogen and oxygen atoms in total. The standard InChI is InChI=1S/C6H12N2/c1-3-6(5-7)8-4-2/h5,7H,3-4H2,1-2H3. The van der Waals surface area contributed by atoms with E-state index in [1.165, 1.54) is 6.21 Å². The van der Waals surface area contributed by atoms with Gasteiger partial charge in [0.2, 0.25) is 0 Å². The van der Waals surface area contributed by atoms with Gasteiger partial charge in [-0.25, -0.2) is 0 Å². The third kappa shape index (κ3) is 2.50. The largest absolute Gasteiger partial charge is 0.307 e. The fraction of sp³-hybridized carbons (Fsp3) is 0.667. The highest BCUT2D eigenvalue weighted by Gasteiger charge is 1.83. The third-order valence-electron chi connectivity index (χ3n) is 0.890. The Morgan fingerprint density at radius 2 is 2.25 bits per heavy atom. The molecule has 0 fully saturated rings. The predicted molar refractivity (Wildman–Crippen MR) is 37.1 cm³/mol. The first-order chi connectivity index (χ1) is 3.85. The molecule has 0 spiro atoms. The molecule has 0 heterocycles. The zero-order chi connectivity index (χ0) is 6.41. The van der Waals surface area contributed by atoms with E-state index in [2.05, 4.69) is 4.99 Å². The van der Waals surface area contributed by atoms with Crippen LogP contribution in [-0.4, -0.2) is 18.5 Å². The van der Waals surface area contributed by atoms with Gasteiger partial charge in [0.05, 0.1) is 5.71 Å². The number of nitrogens with one attached hydrogen (secondary N) is 1. The van der Waals surface area contributed by atoms with Crippen molar-refractivity contribution in [3.63, 3.8) is 0 Å². The highest BCUT2D eigenvalue weighted by atomic mass is 14.7. The normalized spacial score (nSPS) is 11.5. The Labute approximate surface area is 50.1 Å². The summed E-state index contributed by atoms with van der Waals surface area (Å²) in [5, 5.41) is 6.81. The van der Waals surface area contributed by atoms with Crippen LogP contribution >= 0.6 is 0 Å². The summed E-state index contributed by atoms with van der Waals surface area (Å²) >= 11 is 0. The average Bonchev–Trinajstić information content (AvgIpc) is 1.83. The Morgan fingerprint density at radius 3 is 2.38 bits per heavy atom. The first-order valence-corrected chi connectivity index (χ1v) is 2.88. The summed E-state index contributed by atoms with van der Waals surface area (Å²) in [5.74, 6) is 0. The fourth-order valence-electron chi connectivity index (χ4n) is 0.463. The fourth-order valence-corrected chi connectivity index (χ4v) is 0.463. The van der Waals surface area contributed by atoms with Gasteiger partial charge in [0, 0.05) is 12.8 Å². The molecule has 0 amide bonds. The van der Waals surface area contributed by atoms with Crippen molar-refractivity contribution in [2.24, 2.45) is 4.99 Å². The van der Waals surface area contributed by atoms with Crippen molar-refractivity contribution in [2.45, 2.75) is 20.3 Å². The van der Waals surface area contributed by atoms with Gasteiger partial charge in [-0.05, 0) is 13.3 Å². The average molecular weight is 112 g/mol. The molecule has 46 valence electrons. The second-order valence-corrected chi connectivity index (χ2v) is 1.46. The first kappa shape index (κ1) is 7.34. The van der Waals surface area contributed by atoms with E-state index in [1.54, 1.807) is 0 Å². The molecule has 0 rings (SSSR count). The van der Waals surface area contributed by atoms with Gasteiger partial charge < -0.3 is 5.41 Å². The molecule has 0 unspecified atom stereocenters. The van der Waals surface area contributed by atoms with Gasteiger partial charge in [-0.3, -0.25) is 4.99 Å². The summed E-state index contributed by atoms with van der Waals surface area (Å²) in [6.45, 7) is 4.76. The molecule has 8 heavy (non-hydrogen) atoms. The molecule has 0 saturated heterocycles. The van der Waals surface area contributed by atoms with E-state index in [0.717, 1.165) is 18.7 Å². The lowest BCUT2D eigenvalue weighted by molar-refractivity contribution is 1.11. The zero-order valence-electron chi connectivity index (χ0n) is 5.44. The molecule has 0 bridgehead atoms. The van der Waals surface area contributed by atoms with Crippen LogP contribution in [0.2, 0.25) is 0 Å². The van der Waals surface area contributed by atoms with Gasteiger partial charge in [0.15, 0.2) is 0 Å². The second-order valence-electron chi connectivity index (χ2n) is 1.46. The van der Waals surface area contributed by atoms with E-state index in [1.807, 2.05) is 13.8 Å². The summed E-state index contributed by atoms with van der Waals surface area (Å²) in [4.78, 5) is 4.03. The van der Waals surface area contributed by atoms with Gasteiger partial charge in [-0.15, -0.1) is 0 Å². The minimum atomic E-state index is 0.790. The molecular weight excluding hydrogens is 100 g/mol. The predicted octanol–water partition coefficient (Wildman–Crippen LogP) is 1.51. The smallest absolute Gasteiger partial charge is 0.0520 e. The lowest BCUT2D eigenvalue weighted by Gasteiger charge is -1.89. The van der Waals surface area contributed by atoms with Crippen molar-refractivity contribution in [1.29, 1.82) is 5.41 Å². The van der Waals surface area contributed by atoms with Gasteiger partial charge >= 0.3 is 0 Å². The maximum Gasteiger partial charge on any atom is 0.0520 e. The van der Waals surface area contributed by atoms with Crippen molar-refractivity contribution in [3.05, 3.63) is 0 Å². The Bertz CT molecular complexity index is 94.7. The topological polar surface area (TPSA) is 36.2 Å². The molecule has 0 aliphatic heterocycles. The van der Waals surface area contributed by atoms with Gasteiger partial charge in [0.1, 0.15) is 0 Å². The summed E-state index contributed by atoms with van der Waals surface area (Å²) in [6.07, 6.45) is 2.18. The lowest BCUT2D eigenvalue weighted by atomic mass is 10.3. The van der Waals surface area contributed by atoms with Crippen molar-refractivity contribution >= 4 is 11.9 Å². The molecule has 2 heteroatoms. The number of hydrogen-bond donors (Lipinski definition) is 1. The van der Waals surface area contributed by atoms with Crippen LogP contribution in [0.15, 0.2) is 4.99 Å². The number of nitrogens with zero attached hydrogens (tertiary/aromatic N) is 1. The minimum Gasteiger partial charge on any atom is -0.307 e. The summed E-state index contributed by atoms with van der Waals surface area (Å²) in [7, 11) is 0. The molecule has 0 atom stereocenters. The maximum absolute atomic E-state index is 6.81. The molecule has 0 aromatic rings. The number of rotatable bonds is 3. The van der Waals surface area contributed by atoms with E-state index >= 15 is 0 Å². The van der Waals surface area contributed by atoms with E-state index in [9.17, 15) is 0 Å². The Morgan fingerprint density at radius 1 is 1.62 bits per heavy atom. The lowest BCUT2D eigenvalue weighted by Crippen LogP contribution is -1.96. The Kier molecular flexibility index (Phi) is 4.13. The molecule has 1 N–H and O–H groups in total. The molecule has 0 radical (unpaired) electrons. The first-order valence-electron chi connectivity index (χ1n) is 2.88. The zero-order valence-corrected chi connectivity index (χ0v) is 5.44. The number of aliphatic imine (C=N–C) groups is 1. The molecule has 0 aromatic heterocycles. The van der Waals surface area contributed by atoms with Gasteiger partial charge in [0.25, 0.3) is 0 Å². The molecule has 0 aliphatic rings. The summed E-state index contributed by atoms with van der Waals surface area (Å²) in [6, 6.07) is 0. The highest BCUT2D eigenvalue weighted by molar-refractivity contribution is 6.29. The van der Waals surface area contributed by atoms with Crippen molar-refractivity contribution < 1.29 is 0 Å². The third-order valence-corrected chi connectivity index (χ3v) is 0.890. The van der Waals surface area contributed by atoms with E-state index in [0.29, 0.717) is 0 Å². The van der Waals surface area contributed by atoms with Crippen molar-refractivity contribution in [3.8, 4) is 0 Å². The van der Waals surface area contributed by atoms with Crippen LogP contribution in [0.3, 0.4) is 0 Å². The van der Waals surface area contributed by atoms with Crippen LogP contribution in [0.1, 0.15) is 20.3 Å². The molecule has 0 saturated carbocycles. The Hall–Kier alpha value is -0.660. The van der Waals surface area contributed by atoms with E-state index in [4.69, 9.17) is 5.41 Å². The van der Waals surface area contributed by atoms with Crippen LogP contribution in [-0.2, 0) is 0 Å². The minimum absolute atomic E-state index is 0.790. The number of hydrogen-bond acceptors (Lipinski definition) is 2. The quantitative estimate of drug-likeness (QED) is 0.537. The highest BCUT2D eigenvalue weighted by Crippen LogP contribution is 1.80. The van der Waals surface area contributed by atoms with E-state index < -0.39 is 0 Å². The Balaban J connectivity index is 3.66. The van der Waals surface area contributed by atoms with Crippen LogP contribution in [0.25, 0.3) is 0 Å². The molecule has 0 aromatic carbocycles. The molecular formula is C6H12N2. The van der Waals surface area contributed by atoms with Crippen molar-refractivity contribution in [1.82, 2.24) is 0 Å². The van der Waals surface area contributed by atoms with Gasteiger partial charge in [-0.1, -0.05) is 6.92 Å². The van der Waals surface area contributed by atoms with Crippen LogP contribution in [0.5, 0.6) is 0 Å². The van der Waals surface area contributed by atoms with E-state index in [-0.39, 0.29) is 0 Å². The van der Waals surface area contributed by atoms with Gasteiger partial charge in [-0.2, -0.15) is 0 Å². The summed E-state index contributed by atoms with van der Waals surface area (Å²) in [5.41, 5.74) is 0.882. The second kappa shape index (κ2) is 4.50. The summed E-state index contributed by atoms with van der Waals surface area (Å²) < 4.78 is 0. The van der Waals surface area contributed by atoms with Crippen molar-refractivity contribution in [2.75, 3.05) is 6.54 Å². The van der Waals surface area contributed by atoms with Crippen LogP contribution < -0.4 is 0 Å². The van der Waals surface area contributed by atoms with Crippen LogP contribution in [0.4, 0.5) is 0 Å². The SMILES string of the molecule is CCN=C(C=N)CC. The van der Waals surface area contributed by atoms with Crippen LogP contribution in [0, 0.1) is 5.41 Å². The maximum atomic E-state index is 6.81. The monoisotopic (exact) mass is 112 g/mol.